The minimum Gasteiger partial charge on any atom is -0.497 e. The molecule has 172 valence electrons. The highest BCUT2D eigenvalue weighted by Gasteiger charge is 2.32. The first-order valence-electron chi connectivity index (χ1n) is 10.8. The molecular formula is C25H32N2O5. The van der Waals surface area contributed by atoms with Crippen LogP contribution in [0, 0.1) is 0 Å². The molecule has 1 aliphatic rings. The van der Waals surface area contributed by atoms with Gasteiger partial charge in [0, 0.05) is 18.5 Å². The molecule has 0 saturated heterocycles. The lowest BCUT2D eigenvalue weighted by Gasteiger charge is -2.25. The van der Waals surface area contributed by atoms with Crippen LogP contribution in [0.1, 0.15) is 35.1 Å². The van der Waals surface area contributed by atoms with Crippen molar-refractivity contribution in [1.82, 2.24) is 10.6 Å². The third-order valence-corrected chi connectivity index (χ3v) is 5.83. The van der Waals surface area contributed by atoms with E-state index < -0.39 is 18.2 Å². The van der Waals surface area contributed by atoms with E-state index in [0.29, 0.717) is 19.6 Å². The quantitative estimate of drug-likeness (QED) is 0.299. The summed E-state index contributed by atoms with van der Waals surface area (Å²) in [6.45, 7) is 5.03. The molecular weight excluding hydrogens is 408 g/mol. The van der Waals surface area contributed by atoms with Gasteiger partial charge in [-0.2, -0.15) is 0 Å². The lowest BCUT2D eigenvalue weighted by Crippen LogP contribution is -2.48. The standard InChI is InChI=1S/C25H32N2O5/c1-3-11-32-16-18-13-22(21-14-19(31-2)9-10-20(18)21)26-15-24(28)23(27-25(29)30)12-17-7-5-4-6-8-17/h3-10,14,18,22-24,26-28H,1,11-13,15-16H2,2H3,(H,29,30)/t18-,22-,23-,24+/m0/s1. The van der Waals surface area contributed by atoms with Crippen LogP contribution in [0.5, 0.6) is 5.75 Å². The highest BCUT2D eigenvalue weighted by atomic mass is 16.5. The van der Waals surface area contributed by atoms with E-state index in [1.54, 1.807) is 13.2 Å². The monoisotopic (exact) mass is 440 g/mol. The summed E-state index contributed by atoms with van der Waals surface area (Å²) in [6.07, 6.45) is 0.917. The molecule has 0 radical (unpaired) electrons. The lowest BCUT2D eigenvalue weighted by atomic mass is 10.0. The van der Waals surface area contributed by atoms with Gasteiger partial charge in [0.2, 0.25) is 0 Å². The van der Waals surface area contributed by atoms with E-state index in [4.69, 9.17) is 9.47 Å². The minimum atomic E-state index is -1.15. The van der Waals surface area contributed by atoms with E-state index in [9.17, 15) is 15.0 Å². The summed E-state index contributed by atoms with van der Waals surface area (Å²) in [5.41, 5.74) is 3.28. The number of benzene rings is 2. The van der Waals surface area contributed by atoms with Crippen molar-refractivity contribution in [2.45, 2.75) is 36.9 Å². The minimum absolute atomic E-state index is 0.00860. The molecule has 0 saturated carbocycles. The number of carboxylic acid groups (broad SMARTS) is 1. The number of fused-ring (bicyclic) bond motifs is 1. The number of hydrogen-bond donors (Lipinski definition) is 4. The summed E-state index contributed by atoms with van der Waals surface area (Å²) in [5, 5.41) is 26.0. The molecule has 4 atom stereocenters. The van der Waals surface area contributed by atoms with Gasteiger partial charge in [-0.05, 0) is 41.7 Å². The van der Waals surface area contributed by atoms with Crippen molar-refractivity contribution in [3.8, 4) is 5.75 Å². The second kappa shape index (κ2) is 11.7. The zero-order valence-electron chi connectivity index (χ0n) is 18.4. The van der Waals surface area contributed by atoms with E-state index in [0.717, 1.165) is 23.3 Å². The van der Waals surface area contributed by atoms with Crippen molar-refractivity contribution in [3.63, 3.8) is 0 Å². The molecule has 7 heteroatoms. The van der Waals surface area contributed by atoms with Crippen LogP contribution in [0.25, 0.3) is 0 Å². The Bertz CT molecular complexity index is 889. The van der Waals surface area contributed by atoms with Crippen molar-refractivity contribution >= 4 is 6.09 Å². The van der Waals surface area contributed by atoms with Crippen molar-refractivity contribution < 1.29 is 24.5 Å². The maximum absolute atomic E-state index is 11.3. The third kappa shape index (κ3) is 6.32. The molecule has 0 aromatic heterocycles. The van der Waals surface area contributed by atoms with Crippen molar-refractivity contribution in [2.24, 2.45) is 0 Å². The van der Waals surface area contributed by atoms with Gasteiger partial charge in [0.25, 0.3) is 0 Å². The topological polar surface area (TPSA) is 100 Å². The second-order valence-electron chi connectivity index (χ2n) is 8.03. The summed E-state index contributed by atoms with van der Waals surface area (Å²) >= 11 is 0. The van der Waals surface area contributed by atoms with Gasteiger partial charge in [-0.15, -0.1) is 6.58 Å². The fourth-order valence-corrected chi connectivity index (χ4v) is 4.25. The molecule has 1 aliphatic carbocycles. The number of ether oxygens (including phenoxy) is 2. The van der Waals surface area contributed by atoms with E-state index >= 15 is 0 Å². The molecule has 1 amide bonds. The number of aliphatic hydroxyl groups excluding tert-OH is 1. The molecule has 0 spiro atoms. The molecule has 0 bridgehead atoms. The summed E-state index contributed by atoms with van der Waals surface area (Å²) in [5.74, 6) is 1.00. The number of hydrogen-bond acceptors (Lipinski definition) is 5. The number of methoxy groups -OCH3 is 1. The fraction of sp³-hybridized carbons (Fsp3) is 0.400. The molecule has 0 unspecified atom stereocenters. The maximum Gasteiger partial charge on any atom is 0.404 e. The van der Waals surface area contributed by atoms with Gasteiger partial charge in [-0.3, -0.25) is 0 Å². The second-order valence-corrected chi connectivity index (χ2v) is 8.03. The Morgan fingerprint density at radius 3 is 2.72 bits per heavy atom. The molecule has 0 fully saturated rings. The van der Waals surface area contributed by atoms with E-state index in [-0.39, 0.29) is 18.5 Å². The van der Waals surface area contributed by atoms with Crippen LogP contribution in [0.2, 0.25) is 0 Å². The van der Waals surface area contributed by atoms with Crippen LogP contribution >= 0.6 is 0 Å². The van der Waals surface area contributed by atoms with Crippen LogP contribution in [-0.2, 0) is 11.2 Å². The van der Waals surface area contributed by atoms with Crippen molar-refractivity contribution in [2.75, 3.05) is 26.9 Å². The van der Waals surface area contributed by atoms with Gasteiger partial charge in [0.1, 0.15) is 5.75 Å². The summed E-state index contributed by atoms with van der Waals surface area (Å²) in [6, 6.07) is 15.0. The Morgan fingerprint density at radius 1 is 1.25 bits per heavy atom. The Morgan fingerprint density at radius 2 is 2.03 bits per heavy atom. The van der Waals surface area contributed by atoms with Gasteiger partial charge in [0.05, 0.1) is 32.5 Å². The normalized spacial score (nSPS) is 19.1. The number of aliphatic hydroxyl groups is 1. The molecule has 0 heterocycles. The smallest absolute Gasteiger partial charge is 0.404 e. The van der Waals surface area contributed by atoms with Crippen LogP contribution in [0.4, 0.5) is 4.79 Å². The molecule has 4 N–H and O–H groups in total. The van der Waals surface area contributed by atoms with Crippen LogP contribution in [0.3, 0.4) is 0 Å². The van der Waals surface area contributed by atoms with Crippen molar-refractivity contribution in [1.29, 1.82) is 0 Å². The average Bonchev–Trinajstić information content (AvgIpc) is 3.14. The summed E-state index contributed by atoms with van der Waals surface area (Å²) in [7, 11) is 1.64. The summed E-state index contributed by atoms with van der Waals surface area (Å²) in [4.78, 5) is 11.3. The Hall–Kier alpha value is -2.87. The molecule has 7 nitrogen and oxygen atoms in total. The van der Waals surface area contributed by atoms with E-state index in [1.165, 1.54) is 5.56 Å². The predicted molar refractivity (Wildman–Crippen MR) is 123 cm³/mol. The van der Waals surface area contributed by atoms with Crippen LogP contribution in [0.15, 0.2) is 61.2 Å². The molecule has 2 aromatic carbocycles. The predicted octanol–water partition coefficient (Wildman–Crippen LogP) is 3.26. The largest absolute Gasteiger partial charge is 0.497 e. The van der Waals surface area contributed by atoms with Crippen LogP contribution in [-0.4, -0.2) is 55.3 Å². The number of rotatable bonds is 12. The number of nitrogens with one attached hydrogen (secondary N) is 2. The lowest BCUT2D eigenvalue weighted by molar-refractivity contribution is 0.113. The van der Waals surface area contributed by atoms with Gasteiger partial charge >= 0.3 is 6.09 Å². The van der Waals surface area contributed by atoms with Gasteiger partial charge < -0.3 is 30.3 Å². The summed E-state index contributed by atoms with van der Waals surface area (Å²) < 4.78 is 11.1. The Labute approximate surface area is 189 Å². The maximum atomic E-state index is 11.3. The fourth-order valence-electron chi connectivity index (χ4n) is 4.25. The SMILES string of the molecule is C=CCOC[C@@H]1C[C@H](NC[C@@H](O)[C@H](Cc2ccccc2)NC(=O)O)c2cc(OC)ccc21. The zero-order valence-corrected chi connectivity index (χ0v) is 18.4. The van der Waals surface area contributed by atoms with E-state index in [1.807, 2.05) is 42.5 Å². The number of amides is 1. The first-order chi connectivity index (χ1) is 15.5. The zero-order chi connectivity index (χ0) is 22.9. The first kappa shape index (κ1) is 23.8. The van der Waals surface area contributed by atoms with E-state index in [2.05, 4.69) is 23.3 Å². The average molecular weight is 441 g/mol. The Kier molecular flexibility index (Phi) is 8.67. The third-order valence-electron chi connectivity index (χ3n) is 5.83. The molecule has 2 aromatic rings. The number of carbonyl (C=O) groups is 1. The van der Waals surface area contributed by atoms with Crippen molar-refractivity contribution in [3.05, 3.63) is 77.9 Å². The first-order valence-corrected chi connectivity index (χ1v) is 10.8. The highest BCUT2D eigenvalue weighted by Crippen LogP contribution is 2.42. The van der Waals surface area contributed by atoms with Gasteiger partial charge in [-0.1, -0.05) is 42.5 Å². The van der Waals surface area contributed by atoms with Gasteiger partial charge in [-0.25, -0.2) is 4.79 Å². The molecule has 32 heavy (non-hydrogen) atoms. The highest BCUT2D eigenvalue weighted by molar-refractivity contribution is 5.65. The van der Waals surface area contributed by atoms with Gasteiger partial charge in [0.15, 0.2) is 0 Å². The molecule has 3 rings (SSSR count). The molecule has 0 aliphatic heterocycles. The van der Waals surface area contributed by atoms with Crippen LogP contribution < -0.4 is 15.4 Å². The Balaban J connectivity index is 1.68.